The predicted molar refractivity (Wildman–Crippen MR) is 91.1 cm³/mol. The van der Waals surface area contributed by atoms with Crippen LogP contribution in [0.15, 0.2) is 24.3 Å². The number of hydrogen-bond acceptors (Lipinski definition) is 3. The van der Waals surface area contributed by atoms with Gasteiger partial charge in [0.2, 0.25) is 0 Å². The van der Waals surface area contributed by atoms with Crippen molar-refractivity contribution in [3.63, 3.8) is 0 Å². The van der Waals surface area contributed by atoms with E-state index >= 15 is 0 Å². The Morgan fingerprint density at radius 1 is 1.17 bits per heavy atom. The first-order valence-corrected chi connectivity index (χ1v) is 8.48. The Morgan fingerprint density at radius 3 is 2.50 bits per heavy atom. The molecule has 3 unspecified atom stereocenters. The standard InChI is InChI=1S/C18H28F3N3/c1-13(11-15-7-5-6-8-16(15)18(19,20)21)22-14(2)17-12-23(3)9-10-24(17)4/h5-8,13-14,17,22H,9-12H2,1-4H3. The number of rotatable bonds is 5. The summed E-state index contributed by atoms with van der Waals surface area (Å²) >= 11 is 0. The van der Waals surface area contributed by atoms with E-state index in [1.54, 1.807) is 12.1 Å². The molecule has 1 fully saturated rings. The van der Waals surface area contributed by atoms with Crippen LogP contribution in [0.5, 0.6) is 0 Å². The highest BCUT2D eigenvalue weighted by atomic mass is 19.4. The molecule has 1 N–H and O–H groups in total. The molecule has 1 heterocycles. The highest BCUT2D eigenvalue weighted by molar-refractivity contribution is 5.30. The van der Waals surface area contributed by atoms with Gasteiger partial charge in [0.05, 0.1) is 5.56 Å². The summed E-state index contributed by atoms with van der Waals surface area (Å²) in [5.74, 6) is 0. The lowest BCUT2D eigenvalue weighted by Crippen LogP contribution is -2.59. The molecule has 3 nitrogen and oxygen atoms in total. The van der Waals surface area contributed by atoms with Gasteiger partial charge >= 0.3 is 6.18 Å². The van der Waals surface area contributed by atoms with Crippen molar-refractivity contribution >= 4 is 0 Å². The minimum absolute atomic E-state index is 0.0240. The third-order valence-electron chi connectivity index (χ3n) is 4.87. The van der Waals surface area contributed by atoms with E-state index in [1.165, 1.54) is 6.07 Å². The van der Waals surface area contributed by atoms with Gasteiger partial charge in [0.25, 0.3) is 0 Å². The van der Waals surface area contributed by atoms with Gasteiger partial charge in [-0.1, -0.05) is 18.2 Å². The van der Waals surface area contributed by atoms with E-state index in [2.05, 4.69) is 36.1 Å². The number of likely N-dealkylation sites (N-methyl/N-ethyl adjacent to an activating group) is 2. The molecule has 6 heteroatoms. The number of hydrogen-bond donors (Lipinski definition) is 1. The quantitative estimate of drug-likeness (QED) is 0.887. The number of piperazine rings is 1. The molecule has 24 heavy (non-hydrogen) atoms. The molecule has 0 aromatic heterocycles. The van der Waals surface area contributed by atoms with Crippen LogP contribution in [0.1, 0.15) is 25.0 Å². The molecule has 3 atom stereocenters. The number of benzene rings is 1. The molecule has 0 aliphatic carbocycles. The van der Waals surface area contributed by atoms with Gasteiger partial charge in [0.1, 0.15) is 0 Å². The molecule has 0 bridgehead atoms. The maximum absolute atomic E-state index is 13.1. The maximum atomic E-state index is 13.1. The van der Waals surface area contributed by atoms with Crippen molar-refractivity contribution < 1.29 is 13.2 Å². The lowest BCUT2D eigenvalue weighted by atomic mass is 9.98. The van der Waals surface area contributed by atoms with Gasteiger partial charge in [-0.3, -0.25) is 4.90 Å². The molecule has 1 saturated heterocycles. The predicted octanol–water partition coefficient (Wildman–Crippen LogP) is 2.86. The second-order valence-corrected chi connectivity index (χ2v) is 7.03. The molecule has 1 aromatic rings. The highest BCUT2D eigenvalue weighted by Gasteiger charge is 2.33. The van der Waals surface area contributed by atoms with Crippen LogP contribution in [-0.4, -0.2) is 61.7 Å². The van der Waals surface area contributed by atoms with Gasteiger partial charge in [-0.05, 0) is 46.0 Å². The number of alkyl halides is 3. The van der Waals surface area contributed by atoms with Crippen molar-refractivity contribution in [3.05, 3.63) is 35.4 Å². The average molecular weight is 343 g/mol. The Hall–Kier alpha value is -1.11. The number of nitrogens with zero attached hydrogens (tertiary/aromatic N) is 2. The van der Waals surface area contributed by atoms with Crippen molar-refractivity contribution in [2.45, 2.75) is 44.6 Å². The third-order valence-corrected chi connectivity index (χ3v) is 4.87. The van der Waals surface area contributed by atoms with Crippen LogP contribution in [0, 0.1) is 0 Å². The minimum atomic E-state index is -4.30. The Kier molecular flexibility index (Phi) is 6.28. The molecular formula is C18H28F3N3. The Labute approximate surface area is 142 Å². The molecule has 1 aliphatic rings. The second-order valence-electron chi connectivity index (χ2n) is 7.03. The molecule has 1 aromatic carbocycles. The molecule has 0 radical (unpaired) electrons. The first kappa shape index (κ1) is 19.2. The summed E-state index contributed by atoms with van der Waals surface area (Å²) in [5, 5.41) is 3.49. The SMILES string of the molecule is CC(Cc1ccccc1C(F)(F)F)NC(C)C1CN(C)CCN1C. The summed E-state index contributed by atoms with van der Waals surface area (Å²) in [6.45, 7) is 7.10. The van der Waals surface area contributed by atoms with Gasteiger partial charge in [-0.2, -0.15) is 13.2 Å². The number of halogens is 3. The molecule has 0 amide bonds. The fourth-order valence-electron chi connectivity index (χ4n) is 3.51. The smallest absolute Gasteiger partial charge is 0.310 e. The highest BCUT2D eigenvalue weighted by Crippen LogP contribution is 2.32. The Bertz CT molecular complexity index is 532. The van der Waals surface area contributed by atoms with Crippen molar-refractivity contribution in [3.8, 4) is 0 Å². The second kappa shape index (κ2) is 7.85. The zero-order valence-electron chi connectivity index (χ0n) is 14.9. The van der Waals surface area contributed by atoms with Gasteiger partial charge in [-0.25, -0.2) is 0 Å². The van der Waals surface area contributed by atoms with Crippen LogP contribution in [0.3, 0.4) is 0 Å². The molecular weight excluding hydrogens is 315 g/mol. The summed E-state index contributed by atoms with van der Waals surface area (Å²) in [4.78, 5) is 4.63. The fraction of sp³-hybridized carbons (Fsp3) is 0.667. The zero-order valence-corrected chi connectivity index (χ0v) is 14.9. The first-order chi connectivity index (χ1) is 11.2. The molecule has 0 spiro atoms. The molecule has 136 valence electrons. The minimum Gasteiger partial charge on any atom is -0.310 e. The van der Waals surface area contributed by atoms with E-state index in [4.69, 9.17) is 0 Å². The van der Waals surface area contributed by atoms with Crippen molar-refractivity contribution in [2.24, 2.45) is 0 Å². The Morgan fingerprint density at radius 2 is 1.83 bits per heavy atom. The van der Waals surface area contributed by atoms with Crippen LogP contribution in [0.2, 0.25) is 0 Å². The van der Waals surface area contributed by atoms with Crippen LogP contribution < -0.4 is 5.32 Å². The fourth-order valence-corrected chi connectivity index (χ4v) is 3.51. The lowest BCUT2D eigenvalue weighted by Gasteiger charge is -2.42. The number of nitrogens with one attached hydrogen (secondary N) is 1. The van der Waals surface area contributed by atoms with Gasteiger partial charge in [-0.15, -0.1) is 0 Å². The van der Waals surface area contributed by atoms with E-state index in [-0.39, 0.29) is 12.1 Å². The zero-order chi connectivity index (χ0) is 17.9. The van der Waals surface area contributed by atoms with Crippen LogP contribution in [0.25, 0.3) is 0 Å². The summed E-state index contributed by atoms with van der Waals surface area (Å²) in [6.07, 6.45) is -3.93. The van der Waals surface area contributed by atoms with Gasteiger partial charge in [0, 0.05) is 37.8 Å². The van der Waals surface area contributed by atoms with E-state index in [0.29, 0.717) is 18.0 Å². The van der Waals surface area contributed by atoms with E-state index in [0.717, 1.165) is 25.7 Å². The summed E-state index contributed by atoms with van der Waals surface area (Å²) in [7, 11) is 4.22. The average Bonchev–Trinajstić information content (AvgIpc) is 2.49. The first-order valence-electron chi connectivity index (χ1n) is 8.48. The summed E-state index contributed by atoms with van der Waals surface area (Å²) in [5.41, 5.74) is -0.174. The van der Waals surface area contributed by atoms with E-state index in [9.17, 15) is 13.2 Å². The largest absolute Gasteiger partial charge is 0.416 e. The van der Waals surface area contributed by atoms with Crippen molar-refractivity contribution in [1.29, 1.82) is 0 Å². The molecule has 2 rings (SSSR count). The summed E-state index contributed by atoms with van der Waals surface area (Å²) in [6, 6.07) is 6.41. The van der Waals surface area contributed by atoms with E-state index in [1.807, 2.05) is 6.92 Å². The maximum Gasteiger partial charge on any atom is 0.416 e. The lowest BCUT2D eigenvalue weighted by molar-refractivity contribution is -0.138. The monoisotopic (exact) mass is 343 g/mol. The van der Waals surface area contributed by atoms with E-state index < -0.39 is 11.7 Å². The molecule has 0 saturated carbocycles. The molecule has 1 aliphatic heterocycles. The van der Waals surface area contributed by atoms with Gasteiger partial charge in [0.15, 0.2) is 0 Å². The van der Waals surface area contributed by atoms with Crippen molar-refractivity contribution in [2.75, 3.05) is 33.7 Å². The summed E-state index contributed by atoms with van der Waals surface area (Å²) < 4.78 is 39.3. The Balaban J connectivity index is 1.99. The van der Waals surface area contributed by atoms with Gasteiger partial charge < -0.3 is 10.2 Å². The topological polar surface area (TPSA) is 18.5 Å². The van der Waals surface area contributed by atoms with Crippen molar-refractivity contribution in [1.82, 2.24) is 15.1 Å². The normalized spacial score (nSPS) is 23.2. The third kappa shape index (κ3) is 4.94. The van der Waals surface area contributed by atoms with Crippen LogP contribution >= 0.6 is 0 Å². The van der Waals surface area contributed by atoms with Crippen LogP contribution in [0.4, 0.5) is 13.2 Å². The van der Waals surface area contributed by atoms with Crippen LogP contribution in [-0.2, 0) is 12.6 Å².